The van der Waals surface area contributed by atoms with Crippen molar-refractivity contribution in [3.63, 3.8) is 0 Å². The number of aliphatic hydroxyl groups is 2. The fourth-order valence-electron chi connectivity index (χ4n) is 10.6. The Morgan fingerprint density at radius 3 is 2.37 bits per heavy atom. The van der Waals surface area contributed by atoms with Gasteiger partial charge in [0.05, 0.1) is 12.2 Å². The van der Waals surface area contributed by atoms with Gasteiger partial charge >= 0.3 is 0 Å². The fourth-order valence-corrected chi connectivity index (χ4v) is 10.6. The molecule has 0 bridgehead atoms. The van der Waals surface area contributed by atoms with Crippen molar-refractivity contribution in [2.75, 3.05) is 13.1 Å². The van der Waals surface area contributed by atoms with E-state index in [0.29, 0.717) is 5.92 Å². The van der Waals surface area contributed by atoms with Crippen LogP contribution in [0.2, 0.25) is 0 Å². The van der Waals surface area contributed by atoms with Gasteiger partial charge in [0.15, 0.2) is 0 Å². The van der Waals surface area contributed by atoms with Crippen LogP contribution in [0.5, 0.6) is 0 Å². The molecule has 4 saturated carbocycles. The molecule has 0 radical (unpaired) electrons. The van der Waals surface area contributed by atoms with E-state index in [-0.39, 0.29) is 17.6 Å². The van der Waals surface area contributed by atoms with Crippen molar-refractivity contribution in [3.8, 4) is 0 Å². The second-order valence-electron chi connectivity index (χ2n) is 13.1. The third-order valence-corrected chi connectivity index (χ3v) is 12.0. The summed E-state index contributed by atoms with van der Waals surface area (Å²) in [4.78, 5) is 2.92. The SMILES string of the molecule is C[C@@H]1CC[C@H]2[C@H](C)[C@H]3CC[C@@H]4[C@@H](C[C@H]5[C@H]4C[C@H](O)[C@H]4C[C@H](O)CC[C@@]45C)[C@@H]3CN2C1. The molecule has 3 nitrogen and oxygen atoms in total. The highest BCUT2D eigenvalue weighted by molar-refractivity contribution is 5.12. The Morgan fingerprint density at radius 2 is 1.53 bits per heavy atom. The normalized spacial score (nSPS) is 60.7. The van der Waals surface area contributed by atoms with Gasteiger partial charge in [0, 0.05) is 19.1 Å². The summed E-state index contributed by atoms with van der Waals surface area (Å²) in [7, 11) is 0. The van der Waals surface area contributed by atoms with Crippen molar-refractivity contribution in [2.45, 2.75) is 96.8 Å². The van der Waals surface area contributed by atoms with Gasteiger partial charge in [-0.15, -0.1) is 0 Å². The van der Waals surface area contributed by atoms with Crippen molar-refractivity contribution < 1.29 is 10.2 Å². The number of nitrogens with zero attached hydrogens (tertiary/aromatic N) is 1. The second-order valence-corrected chi connectivity index (χ2v) is 13.1. The largest absolute Gasteiger partial charge is 0.393 e. The number of piperidine rings is 2. The van der Waals surface area contributed by atoms with Gasteiger partial charge in [0.1, 0.15) is 0 Å². The number of aliphatic hydroxyl groups excluding tert-OH is 2. The van der Waals surface area contributed by atoms with E-state index in [9.17, 15) is 10.2 Å². The van der Waals surface area contributed by atoms with E-state index in [2.05, 4.69) is 25.7 Å². The molecule has 3 heteroatoms. The van der Waals surface area contributed by atoms with Gasteiger partial charge in [-0.05, 0) is 116 Å². The minimum atomic E-state index is -0.181. The Morgan fingerprint density at radius 1 is 0.733 bits per heavy atom. The lowest BCUT2D eigenvalue weighted by molar-refractivity contribution is -0.130. The predicted molar refractivity (Wildman–Crippen MR) is 120 cm³/mol. The maximum absolute atomic E-state index is 11.2. The minimum absolute atomic E-state index is 0.180. The van der Waals surface area contributed by atoms with Gasteiger partial charge < -0.3 is 10.2 Å². The quantitative estimate of drug-likeness (QED) is 0.609. The lowest BCUT2D eigenvalue weighted by Gasteiger charge is -2.56. The topological polar surface area (TPSA) is 43.7 Å². The molecule has 0 aromatic rings. The average molecular weight is 416 g/mol. The van der Waals surface area contributed by atoms with Crippen molar-refractivity contribution >= 4 is 0 Å². The molecule has 0 amide bonds. The van der Waals surface area contributed by atoms with Crippen LogP contribution in [0.1, 0.15) is 78.6 Å². The van der Waals surface area contributed by atoms with Crippen molar-refractivity contribution in [1.82, 2.24) is 4.90 Å². The maximum Gasteiger partial charge on any atom is 0.0577 e. The third-order valence-electron chi connectivity index (χ3n) is 12.0. The van der Waals surface area contributed by atoms with Gasteiger partial charge in [0.2, 0.25) is 0 Å². The molecule has 6 fully saturated rings. The van der Waals surface area contributed by atoms with Crippen molar-refractivity contribution in [2.24, 2.45) is 58.7 Å². The molecule has 13 atom stereocenters. The number of hydrogen-bond donors (Lipinski definition) is 2. The zero-order valence-corrected chi connectivity index (χ0v) is 19.5. The summed E-state index contributed by atoms with van der Waals surface area (Å²) in [5, 5.41) is 21.5. The first-order chi connectivity index (χ1) is 14.4. The Balaban J connectivity index is 1.28. The third kappa shape index (κ3) is 2.86. The molecule has 0 aromatic heterocycles. The van der Waals surface area contributed by atoms with Gasteiger partial charge in [0.25, 0.3) is 0 Å². The molecule has 0 spiro atoms. The molecule has 2 saturated heterocycles. The van der Waals surface area contributed by atoms with E-state index < -0.39 is 0 Å². The molecule has 0 unspecified atom stereocenters. The van der Waals surface area contributed by atoms with Gasteiger partial charge in [-0.3, -0.25) is 4.90 Å². The summed E-state index contributed by atoms with van der Waals surface area (Å²) in [5.41, 5.74) is 0.261. The number of fused-ring (bicyclic) bond motifs is 8. The van der Waals surface area contributed by atoms with E-state index in [1.807, 2.05) is 0 Å². The first-order valence-electron chi connectivity index (χ1n) is 13.5. The Bertz CT molecular complexity index is 665. The highest BCUT2D eigenvalue weighted by Gasteiger charge is 2.62. The lowest BCUT2D eigenvalue weighted by Crippen LogP contribution is -2.58. The van der Waals surface area contributed by atoms with Gasteiger partial charge in [-0.1, -0.05) is 20.8 Å². The van der Waals surface area contributed by atoms with Crippen LogP contribution in [0.15, 0.2) is 0 Å². The summed E-state index contributed by atoms with van der Waals surface area (Å²) in [6, 6.07) is 0.853. The van der Waals surface area contributed by atoms with Crippen LogP contribution in [-0.2, 0) is 0 Å². The zero-order valence-electron chi connectivity index (χ0n) is 19.5. The molecule has 4 aliphatic carbocycles. The van der Waals surface area contributed by atoms with Gasteiger partial charge in [-0.2, -0.15) is 0 Å². The molecule has 6 aliphatic rings. The Kier molecular flexibility index (Phi) is 4.91. The van der Waals surface area contributed by atoms with Crippen LogP contribution < -0.4 is 0 Å². The van der Waals surface area contributed by atoms with Crippen LogP contribution in [-0.4, -0.2) is 46.5 Å². The van der Waals surface area contributed by atoms with E-state index in [0.717, 1.165) is 79.1 Å². The van der Waals surface area contributed by atoms with Gasteiger partial charge in [-0.25, -0.2) is 0 Å². The van der Waals surface area contributed by atoms with E-state index in [1.54, 1.807) is 0 Å². The summed E-state index contributed by atoms with van der Waals surface area (Å²) < 4.78 is 0. The summed E-state index contributed by atoms with van der Waals surface area (Å²) in [6.07, 6.45) is 10.7. The first-order valence-corrected chi connectivity index (χ1v) is 13.5. The molecule has 6 rings (SSSR count). The molecule has 2 heterocycles. The minimum Gasteiger partial charge on any atom is -0.393 e. The highest BCUT2D eigenvalue weighted by atomic mass is 16.3. The lowest BCUT2D eigenvalue weighted by atomic mass is 9.51. The Hall–Kier alpha value is -0.120. The molecule has 0 aromatic carbocycles. The zero-order chi connectivity index (χ0) is 20.8. The molecule has 170 valence electrons. The molecule has 2 N–H and O–H groups in total. The van der Waals surface area contributed by atoms with Crippen molar-refractivity contribution in [3.05, 3.63) is 0 Å². The summed E-state index contributed by atoms with van der Waals surface area (Å²) in [6.45, 7) is 10.3. The second kappa shape index (κ2) is 7.19. The van der Waals surface area contributed by atoms with Crippen LogP contribution in [0.25, 0.3) is 0 Å². The monoisotopic (exact) mass is 415 g/mol. The number of hydrogen-bond acceptors (Lipinski definition) is 3. The smallest absolute Gasteiger partial charge is 0.0577 e. The Labute approximate surface area is 184 Å². The van der Waals surface area contributed by atoms with Crippen LogP contribution in [0.3, 0.4) is 0 Å². The van der Waals surface area contributed by atoms with Crippen molar-refractivity contribution in [1.29, 1.82) is 0 Å². The predicted octanol–water partition coefficient (Wildman–Crippen LogP) is 4.56. The van der Waals surface area contributed by atoms with E-state index >= 15 is 0 Å². The van der Waals surface area contributed by atoms with E-state index in [4.69, 9.17) is 0 Å². The highest BCUT2D eigenvalue weighted by Crippen LogP contribution is 2.67. The summed E-state index contributed by atoms with van der Waals surface area (Å²) >= 11 is 0. The molecule has 30 heavy (non-hydrogen) atoms. The molecular weight excluding hydrogens is 370 g/mol. The molecular formula is C27H45NO2. The number of rotatable bonds is 0. The van der Waals surface area contributed by atoms with Crippen LogP contribution in [0.4, 0.5) is 0 Å². The standard InChI is InChI=1S/C27H45NO2/c1-15-4-7-25-16(2)18-5-6-19-20(22(18)14-28(25)13-15)11-23-21(19)12-26(30)24-10-17(29)8-9-27(23,24)3/h15-26,29-30H,4-14H2,1-3H3/t15-,16-,17-,18-,19-,20-,21+,22-,23+,24-,25+,26+,27-/m1/s1. The van der Waals surface area contributed by atoms with Crippen LogP contribution in [0, 0.1) is 58.7 Å². The summed E-state index contributed by atoms with van der Waals surface area (Å²) in [5.74, 6) is 7.22. The molecule has 2 aliphatic heterocycles. The first kappa shape index (κ1) is 20.5. The fraction of sp³-hybridized carbons (Fsp3) is 1.00. The van der Waals surface area contributed by atoms with Crippen LogP contribution >= 0.6 is 0 Å². The van der Waals surface area contributed by atoms with E-state index in [1.165, 1.54) is 45.2 Å². The maximum atomic E-state index is 11.2. The average Bonchev–Trinajstić information content (AvgIpc) is 3.09.